The Morgan fingerprint density at radius 1 is 1.15 bits per heavy atom. The van der Waals surface area contributed by atoms with Crippen molar-refractivity contribution in [2.75, 3.05) is 5.75 Å². The van der Waals surface area contributed by atoms with Gasteiger partial charge in [0.15, 0.2) is 15.3 Å². The van der Waals surface area contributed by atoms with E-state index in [2.05, 4.69) is 4.98 Å². The zero-order valence-electron chi connectivity index (χ0n) is 13.5. The van der Waals surface area contributed by atoms with E-state index in [1.54, 1.807) is 0 Å². The third-order valence-corrected chi connectivity index (χ3v) is 5.75. The van der Waals surface area contributed by atoms with Gasteiger partial charge >= 0.3 is 0 Å². The molecule has 2 aromatic carbocycles. The van der Waals surface area contributed by atoms with Crippen molar-refractivity contribution in [2.24, 2.45) is 0 Å². The van der Waals surface area contributed by atoms with Gasteiger partial charge in [0.25, 0.3) is 0 Å². The highest BCUT2D eigenvalue weighted by molar-refractivity contribution is 7.91. The van der Waals surface area contributed by atoms with E-state index < -0.39 is 26.9 Å². The van der Waals surface area contributed by atoms with E-state index in [0.717, 1.165) is 12.1 Å². The number of nitriles is 1. The summed E-state index contributed by atoms with van der Waals surface area (Å²) in [5.41, 5.74) is -0.506. The molecule has 0 spiro atoms. The van der Waals surface area contributed by atoms with Crippen molar-refractivity contribution in [2.45, 2.75) is 11.8 Å². The largest absolute Gasteiger partial charge is 0.354 e. The molecule has 0 aliphatic carbocycles. The summed E-state index contributed by atoms with van der Waals surface area (Å²) >= 11 is 0. The molecule has 0 aliphatic rings. The number of hydrogen-bond donors (Lipinski definition) is 1. The molecular weight excluding hydrogens is 362 g/mol. The van der Waals surface area contributed by atoms with Crippen LogP contribution in [-0.4, -0.2) is 19.2 Å². The van der Waals surface area contributed by atoms with E-state index in [1.807, 2.05) is 6.07 Å². The topological polar surface area (TPSA) is 90.8 Å². The molecule has 3 aromatic rings. The molecule has 0 fully saturated rings. The number of H-pyrrole nitrogens is 1. The maximum atomic E-state index is 13.9. The molecule has 0 bridgehead atoms. The van der Waals surface area contributed by atoms with Gasteiger partial charge < -0.3 is 4.98 Å². The van der Waals surface area contributed by atoms with Gasteiger partial charge in [-0.05, 0) is 24.3 Å². The number of hydrogen-bond acceptors (Lipinski definition) is 4. The van der Waals surface area contributed by atoms with Crippen LogP contribution < -0.4 is 5.43 Å². The molecule has 0 saturated carbocycles. The van der Waals surface area contributed by atoms with Gasteiger partial charge in [0.2, 0.25) is 0 Å². The molecule has 0 saturated heterocycles. The van der Waals surface area contributed by atoms with Gasteiger partial charge in [0.1, 0.15) is 11.6 Å². The maximum Gasteiger partial charge on any atom is 0.192 e. The van der Waals surface area contributed by atoms with Gasteiger partial charge in [-0.25, -0.2) is 17.2 Å². The number of sulfone groups is 1. The molecule has 1 N–H and O–H groups in total. The summed E-state index contributed by atoms with van der Waals surface area (Å²) in [7, 11) is -3.66. The molecule has 1 aromatic heterocycles. The number of aromatic nitrogens is 1. The summed E-state index contributed by atoms with van der Waals surface area (Å²) in [5.74, 6) is -2.08. The minimum atomic E-state index is -3.66. The lowest BCUT2D eigenvalue weighted by molar-refractivity contribution is 0.591. The van der Waals surface area contributed by atoms with Crippen LogP contribution in [-0.2, 0) is 9.84 Å². The molecule has 0 aliphatic heterocycles. The smallest absolute Gasteiger partial charge is 0.192 e. The Hall–Kier alpha value is -3.05. The Morgan fingerprint density at radius 3 is 2.54 bits per heavy atom. The van der Waals surface area contributed by atoms with E-state index in [-0.39, 0.29) is 38.4 Å². The van der Waals surface area contributed by atoms with Crippen LogP contribution in [0.2, 0.25) is 0 Å². The molecule has 0 radical (unpaired) electrons. The van der Waals surface area contributed by atoms with Crippen LogP contribution in [0, 0.1) is 23.0 Å². The number of fused-ring (bicyclic) bond motifs is 1. The van der Waals surface area contributed by atoms with Crippen LogP contribution in [0.4, 0.5) is 8.78 Å². The number of rotatable bonds is 3. The minimum absolute atomic E-state index is 0.0524. The van der Waals surface area contributed by atoms with Gasteiger partial charge in [-0.1, -0.05) is 6.92 Å². The third kappa shape index (κ3) is 2.97. The first kappa shape index (κ1) is 17.8. The number of pyridine rings is 1. The van der Waals surface area contributed by atoms with E-state index >= 15 is 0 Å². The lowest BCUT2D eigenvalue weighted by Gasteiger charge is -2.11. The molecule has 26 heavy (non-hydrogen) atoms. The monoisotopic (exact) mass is 374 g/mol. The van der Waals surface area contributed by atoms with Crippen molar-refractivity contribution in [3.63, 3.8) is 0 Å². The standard InChI is InChI=1S/C18H12F2N2O3S/c1-2-26(24,25)17-4-3-10(9-21)5-12(17)14-8-16(23)18-13(20)6-11(19)7-15(18)22-14/h3-8H,2H2,1H3,(H,22,23). The fourth-order valence-electron chi connectivity index (χ4n) is 2.69. The molecule has 0 amide bonds. The Morgan fingerprint density at radius 2 is 1.88 bits per heavy atom. The molecular formula is C18H12F2N2O3S. The Balaban J connectivity index is 2.40. The number of nitrogens with zero attached hydrogens (tertiary/aromatic N) is 1. The van der Waals surface area contributed by atoms with Gasteiger partial charge in [-0.3, -0.25) is 4.79 Å². The third-order valence-electron chi connectivity index (χ3n) is 3.96. The highest BCUT2D eigenvalue weighted by Crippen LogP contribution is 2.29. The van der Waals surface area contributed by atoms with Gasteiger partial charge in [0.05, 0.1) is 38.9 Å². The molecule has 132 valence electrons. The van der Waals surface area contributed by atoms with Crippen LogP contribution in [0.3, 0.4) is 0 Å². The zero-order chi connectivity index (χ0) is 19.1. The number of benzene rings is 2. The zero-order valence-corrected chi connectivity index (χ0v) is 14.3. The predicted molar refractivity (Wildman–Crippen MR) is 92.4 cm³/mol. The van der Waals surface area contributed by atoms with Crippen LogP contribution in [0.25, 0.3) is 22.2 Å². The predicted octanol–water partition coefficient (Wildman–Crippen LogP) is 3.14. The van der Waals surface area contributed by atoms with Crippen molar-refractivity contribution in [3.05, 3.63) is 63.8 Å². The Labute approximate surface area is 147 Å². The van der Waals surface area contributed by atoms with Crippen LogP contribution in [0.15, 0.2) is 46.1 Å². The first-order chi connectivity index (χ1) is 12.3. The van der Waals surface area contributed by atoms with Crippen molar-refractivity contribution < 1.29 is 17.2 Å². The first-order valence-corrected chi connectivity index (χ1v) is 9.21. The maximum absolute atomic E-state index is 13.9. The summed E-state index contributed by atoms with van der Waals surface area (Å²) in [5, 5.41) is 8.76. The summed E-state index contributed by atoms with van der Waals surface area (Å²) in [6.45, 7) is 1.46. The van der Waals surface area contributed by atoms with E-state index in [0.29, 0.717) is 6.07 Å². The fourth-order valence-corrected chi connectivity index (χ4v) is 3.78. The molecule has 5 nitrogen and oxygen atoms in total. The molecule has 3 rings (SSSR count). The second kappa shape index (κ2) is 6.35. The second-order valence-electron chi connectivity index (χ2n) is 5.58. The molecule has 1 heterocycles. The van der Waals surface area contributed by atoms with Crippen LogP contribution >= 0.6 is 0 Å². The average Bonchev–Trinajstić information content (AvgIpc) is 2.60. The first-order valence-electron chi connectivity index (χ1n) is 7.56. The number of aromatic amines is 1. The van der Waals surface area contributed by atoms with E-state index in [4.69, 9.17) is 5.26 Å². The quantitative estimate of drug-likeness (QED) is 0.762. The lowest BCUT2D eigenvalue weighted by atomic mass is 10.1. The van der Waals surface area contributed by atoms with Crippen LogP contribution in [0.5, 0.6) is 0 Å². The summed E-state index contributed by atoms with van der Waals surface area (Å²) in [6.07, 6.45) is 0. The van der Waals surface area contributed by atoms with Crippen molar-refractivity contribution >= 4 is 20.7 Å². The fraction of sp³-hybridized carbons (Fsp3) is 0.111. The molecule has 8 heteroatoms. The van der Waals surface area contributed by atoms with Crippen molar-refractivity contribution in [1.82, 2.24) is 4.98 Å². The summed E-state index contributed by atoms with van der Waals surface area (Å²) in [6, 6.07) is 8.43. The van der Waals surface area contributed by atoms with Crippen molar-refractivity contribution in [1.29, 1.82) is 5.26 Å². The average molecular weight is 374 g/mol. The SMILES string of the molecule is CCS(=O)(=O)c1ccc(C#N)cc1-c1cc(=O)c2c(F)cc(F)cc2[nH]1. The highest BCUT2D eigenvalue weighted by atomic mass is 32.2. The summed E-state index contributed by atoms with van der Waals surface area (Å²) < 4.78 is 52.1. The molecule has 0 unspecified atom stereocenters. The number of nitrogens with one attached hydrogen (secondary N) is 1. The summed E-state index contributed by atoms with van der Waals surface area (Å²) in [4.78, 5) is 14.9. The van der Waals surface area contributed by atoms with Gasteiger partial charge in [-0.15, -0.1) is 0 Å². The molecule has 0 atom stereocenters. The Bertz CT molecular complexity index is 1240. The second-order valence-corrected chi connectivity index (χ2v) is 7.83. The normalized spacial score (nSPS) is 11.5. The minimum Gasteiger partial charge on any atom is -0.354 e. The van der Waals surface area contributed by atoms with Gasteiger partial charge in [0, 0.05) is 17.7 Å². The van der Waals surface area contributed by atoms with Crippen molar-refractivity contribution in [3.8, 4) is 17.3 Å². The van der Waals surface area contributed by atoms with E-state index in [9.17, 15) is 22.0 Å². The Kier molecular flexibility index (Phi) is 4.34. The highest BCUT2D eigenvalue weighted by Gasteiger charge is 2.20. The lowest BCUT2D eigenvalue weighted by Crippen LogP contribution is -2.09. The van der Waals surface area contributed by atoms with Crippen LogP contribution in [0.1, 0.15) is 12.5 Å². The van der Waals surface area contributed by atoms with E-state index in [1.165, 1.54) is 25.1 Å². The number of halogens is 2. The van der Waals surface area contributed by atoms with Gasteiger partial charge in [-0.2, -0.15) is 5.26 Å².